The number of para-hydroxylation sites is 1. The lowest BCUT2D eigenvalue weighted by Gasteiger charge is -2.15. The van der Waals surface area contributed by atoms with Crippen molar-refractivity contribution in [3.8, 4) is 29.0 Å². The smallest absolute Gasteiger partial charge is 0.287 e. The van der Waals surface area contributed by atoms with Crippen molar-refractivity contribution in [3.05, 3.63) is 113 Å². The molecule has 0 spiro atoms. The molecule has 0 bridgehead atoms. The van der Waals surface area contributed by atoms with E-state index in [1.165, 1.54) is 23.0 Å². The standard InChI is InChI=1S/C30H18Br2ClN5O6/c1-2-42-23-13-17(26(32)27(33)28(23)44-25-10-8-19(15-34-25)38(40)41)14-35-37-29(36-21-6-4-3-5-20(21)30(37)39)24-12-16-11-18(31)7-9-22(16)43-24/h3-15H,2H2,1H3. The summed E-state index contributed by atoms with van der Waals surface area (Å²) in [6.45, 7) is 2.06. The third-order valence-corrected chi connectivity index (χ3v) is 8.30. The van der Waals surface area contributed by atoms with Gasteiger partial charge in [0, 0.05) is 32.0 Å². The number of benzene rings is 3. The number of pyridine rings is 1. The van der Waals surface area contributed by atoms with Gasteiger partial charge in [-0.2, -0.15) is 9.78 Å². The van der Waals surface area contributed by atoms with Crippen molar-refractivity contribution < 1.29 is 18.8 Å². The van der Waals surface area contributed by atoms with Crippen molar-refractivity contribution in [1.29, 1.82) is 0 Å². The summed E-state index contributed by atoms with van der Waals surface area (Å²) in [6, 6.07) is 18.6. The molecule has 3 heterocycles. The van der Waals surface area contributed by atoms with Crippen molar-refractivity contribution in [2.45, 2.75) is 6.92 Å². The molecule has 0 atom stereocenters. The van der Waals surface area contributed by atoms with Gasteiger partial charge in [-0.1, -0.05) is 39.7 Å². The van der Waals surface area contributed by atoms with Gasteiger partial charge in [0.1, 0.15) is 16.8 Å². The summed E-state index contributed by atoms with van der Waals surface area (Å²) in [5.74, 6) is 1.02. The monoisotopic (exact) mass is 737 g/mol. The first-order chi connectivity index (χ1) is 21.2. The Hall–Kier alpha value is -4.59. The van der Waals surface area contributed by atoms with Gasteiger partial charge in [-0.15, -0.1) is 0 Å². The van der Waals surface area contributed by atoms with Gasteiger partial charge in [-0.3, -0.25) is 14.9 Å². The number of ether oxygens (including phenoxy) is 2. The topological polar surface area (TPSA) is 135 Å². The van der Waals surface area contributed by atoms with Gasteiger partial charge < -0.3 is 13.9 Å². The maximum atomic E-state index is 13.7. The number of halogens is 3. The molecule has 44 heavy (non-hydrogen) atoms. The number of rotatable bonds is 8. The van der Waals surface area contributed by atoms with E-state index in [0.29, 0.717) is 32.3 Å². The zero-order chi connectivity index (χ0) is 31.0. The van der Waals surface area contributed by atoms with Crippen molar-refractivity contribution >= 4 is 77.2 Å². The molecule has 0 amide bonds. The van der Waals surface area contributed by atoms with Crippen molar-refractivity contribution in [3.63, 3.8) is 0 Å². The van der Waals surface area contributed by atoms with Crippen LogP contribution in [0.1, 0.15) is 12.5 Å². The van der Waals surface area contributed by atoms with E-state index >= 15 is 0 Å². The second kappa shape index (κ2) is 12.2. The lowest BCUT2D eigenvalue weighted by Crippen LogP contribution is -2.20. The van der Waals surface area contributed by atoms with Crippen molar-refractivity contribution in [2.24, 2.45) is 5.10 Å². The molecule has 6 rings (SSSR count). The van der Waals surface area contributed by atoms with Crippen molar-refractivity contribution in [2.75, 3.05) is 6.61 Å². The Morgan fingerprint density at radius 2 is 1.95 bits per heavy atom. The first-order valence-corrected chi connectivity index (χ1v) is 14.9. The molecule has 0 aliphatic rings. The Kier molecular flexibility index (Phi) is 8.17. The summed E-state index contributed by atoms with van der Waals surface area (Å²) >= 11 is 13.7. The van der Waals surface area contributed by atoms with Crippen LogP contribution in [-0.2, 0) is 0 Å². The van der Waals surface area contributed by atoms with Crippen LogP contribution in [-0.4, -0.2) is 32.4 Å². The van der Waals surface area contributed by atoms with E-state index in [0.717, 1.165) is 16.1 Å². The maximum Gasteiger partial charge on any atom is 0.287 e. The number of hydrogen-bond acceptors (Lipinski definition) is 9. The van der Waals surface area contributed by atoms with Crippen LogP contribution in [0.2, 0.25) is 5.02 Å². The number of aromatic nitrogens is 3. The van der Waals surface area contributed by atoms with Gasteiger partial charge in [0.2, 0.25) is 11.7 Å². The largest absolute Gasteiger partial charge is 0.490 e. The number of nitrogens with zero attached hydrogens (tertiary/aromatic N) is 5. The fraction of sp³-hybridized carbons (Fsp3) is 0.0667. The summed E-state index contributed by atoms with van der Waals surface area (Å²) in [5.41, 5.74) is 0.983. The minimum absolute atomic E-state index is 0.0723. The molecule has 3 aromatic carbocycles. The van der Waals surface area contributed by atoms with Gasteiger partial charge in [-0.25, -0.2) is 9.97 Å². The average Bonchev–Trinajstić information content (AvgIpc) is 3.44. The highest BCUT2D eigenvalue weighted by atomic mass is 79.9. The van der Waals surface area contributed by atoms with Gasteiger partial charge in [0.05, 0.1) is 28.6 Å². The van der Waals surface area contributed by atoms with Crippen LogP contribution in [0.4, 0.5) is 5.69 Å². The Labute approximate surface area is 270 Å². The van der Waals surface area contributed by atoms with Crippen LogP contribution in [0.15, 0.2) is 96.2 Å². The van der Waals surface area contributed by atoms with E-state index < -0.39 is 10.5 Å². The fourth-order valence-corrected chi connectivity index (χ4v) is 5.35. The third kappa shape index (κ3) is 5.68. The highest BCUT2D eigenvalue weighted by Crippen LogP contribution is 2.44. The quantitative estimate of drug-likeness (QED) is 0.0864. The minimum atomic E-state index is -0.560. The minimum Gasteiger partial charge on any atom is -0.490 e. The molecule has 14 heteroatoms. The summed E-state index contributed by atoms with van der Waals surface area (Å²) in [4.78, 5) is 32.8. The van der Waals surface area contributed by atoms with Gasteiger partial charge in [-0.05, 0) is 65.3 Å². The van der Waals surface area contributed by atoms with Crippen LogP contribution < -0.4 is 15.0 Å². The van der Waals surface area contributed by atoms with Gasteiger partial charge in [0.15, 0.2) is 17.3 Å². The SMILES string of the molecule is CCOc1cc(C=Nn2c(-c3cc4cc(Br)ccc4o3)nc3ccccc3c2=O)c(Br)c(Cl)c1Oc1ccc([N+](=O)[O-])cn1. The first-order valence-electron chi connectivity index (χ1n) is 12.9. The van der Waals surface area contributed by atoms with Crippen LogP contribution in [0.5, 0.6) is 17.4 Å². The molecule has 0 aliphatic heterocycles. The number of furan rings is 1. The normalized spacial score (nSPS) is 11.5. The zero-order valence-electron chi connectivity index (χ0n) is 22.5. The fourth-order valence-electron chi connectivity index (χ4n) is 4.34. The highest BCUT2D eigenvalue weighted by molar-refractivity contribution is 9.10. The van der Waals surface area contributed by atoms with Crippen LogP contribution >= 0.6 is 43.5 Å². The van der Waals surface area contributed by atoms with E-state index in [2.05, 4.69) is 41.9 Å². The molecule has 0 saturated heterocycles. The van der Waals surface area contributed by atoms with Gasteiger partial charge in [0.25, 0.3) is 11.2 Å². The third-order valence-electron chi connectivity index (χ3n) is 6.36. The number of hydrogen-bond donors (Lipinski definition) is 0. The van der Waals surface area contributed by atoms with Crippen LogP contribution in [0, 0.1) is 10.1 Å². The van der Waals surface area contributed by atoms with Gasteiger partial charge >= 0.3 is 0 Å². The molecule has 3 aromatic heterocycles. The summed E-state index contributed by atoms with van der Waals surface area (Å²) in [7, 11) is 0. The summed E-state index contributed by atoms with van der Waals surface area (Å²) in [6.07, 6.45) is 2.51. The Bertz CT molecular complexity index is 2170. The number of nitro groups is 1. The van der Waals surface area contributed by atoms with E-state index in [1.807, 2.05) is 18.2 Å². The Morgan fingerprint density at radius 1 is 1.14 bits per heavy atom. The van der Waals surface area contributed by atoms with Crippen LogP contribution in [0.25, 0.3) is 33.5 Å². The first kappa shape index (κ1) is 29.5. The molecule has 0 saturated carbocycles. The average molecular weight is 740 g/mol. The summed E-state index contributed by atoms with van der Waals surface area (Å²) in [5, 5.41) is 16.8. The molecular formula is C30H18Br2ClN5O6. The lowest BCUT2D eigenvalue weighted by atomic mass is 10.2. The highest BCUT2D eigenvalue weighted by Gasteiger charge is 2.21. The number of fused-ring (bicyclic) bond motifs is 2. The second-order valence-electron chi connectivity index (χ2n) is 9.17. The maximum absolute atomic E-state index is 13.7. The van der Waals surface area contributed by atoms with E-state index in [-0.39, 0.29) is 40.5 Å². The Morgan fingerprint density at radius 3 is 2.70 bits per heavy atom. The molecule has 220 valence electrons. The molecule has 11 nitrogen and oxygen atoms in total. The van der Waals surface area contributed by atoms with E-state index in [9.17, 15) is 14.9 Å². The predicted octanol–water partition coefficient (Wildman–Crippen LogP) is 8.36. The molecule has 0 radical (unpaired) electrons. The molecule has 0 aliphatic carbocycles. The molecule has 0 unspecified atom stereocenters. The molecular weight excluding hydrogens is 722 g/mol. The molecule has 0 N–H and O–H groups in total. The predicted molar refractivity (Wildman–Crippen MR) is 173 cm³/mol. The molecule has 0 fully saturated rings. The second-order valence-corrected chi connectivity index (χ2v) is 11.3. The van der Waals surface area contributed by atoms with Crippen LogP contribution in [0.3, 0.4) is 0 Å². The lowest BCUT2D eigenvalue weighted by molar-refractivity contribution is -0.385. The van der Waals surface area contributed by atoms with E-state index in [4.69, 9.17) is 30.5 Å². The zero-order valence-corrected chi connectivity index (χ0v) is 26.5. The summed E-state index contributed by atoms with van der Waals surface area (Å²) < 4.78 is 20.2. The Balaban J connectivity index is 1.45. The van der Waals surface area contributed by atoms with Crippen molar-refractivity contribution in [1.82, 2.24) is 14.6 Å². The van der Waals surface area contributed by atoms with E-state index in [1.54, 1.807) is 43.3 Å². The molecule has 6 aromatic rings.